The monoisotopic (exact) mass is 224 g/mol. The van der Waals surface area contributed by atoms with Crippen LogP contribution in [0.4, 0.5) is 0 Å². The third kappa shape index (κ3) is 2.02. The van der Waals surface area contributed by atoms with Gasteiger partial charge in [0.25, 0.3) is 0 Å². The predicted molar refractivity (Wildman–Crippen MR) is 69.4 cm³/mol. The third-order valence-electron chi connectivity index (χ3n) is 4.77. The Morgan fingerprint density at radius 1 is 1.31 bits per heavy atom. The number of likely N-dealkylation sites (tertiary alicyclic amines) is 1. The van der Waals surface area contributed by atoms with Crippen LogP contribution in [0.2, 0.25) is 0 Å². The molecule has 0 aromatic carbocycles. The first-order valence-corrected chi connectivity index (χ1v) is 7.01. The molecule has 1 saturated heterocycles. The zero-order valence-corrected chi connectivity index (χ0v) is 11.3. The highest BCUT2D eigenvalue weighted by Gasteiger charge is 2.50. The van der Waals surface area contributed by atoms with Crippen molar-refractivity contribution >= 4 is 0 Å². The van der Waals surface area contributed by atoms with Crippen LogP contribution < -0.4 is 5.73 Å². The molecular formula is C14H28N2. The quantitative estimate of drug-likeness (QED) is 0.781. The lowest BCUT2D eigenvalue weighted by Gasteiger charge is -2.50. The highest BCUT2D eigenvalue weighted by Crippen LogP contribution is 2.48. The topological polar surface area (TPSA) is 29.3 Å². The zero-order chi connectivity index (χ0) is 11.8. The van der Waals surface area contributed by atoms with E-state index in [1.54, 1.807) is 0 Å². The van der Waals surface area contributed by atoms with Crippen LogP contribution in [0.15, 0.2) is 0 Å². The fourth-order valence-corrected chi connectivity index (χ4v) is 4.09. The maximum absolute atomic E-state index is 6.44. The van der Waals surface area contributed by atoms with Gasteiger partial charge in [0.2, 0.25) is 0 Å². The molecule has 2 atom stereocenters. The molecule has 0 amide bonds. The first-order valence-electron chi connectivity index (χ1n) is 7.01. The van der Waals surface area contributed by atoms with Crippen LogP contribution in [0, 0.1) is 5.41 Å². The Morgan fingerprint density at radius 3 is 2.69 bits per heavy atom. The number of rotatable bonds is 2. The van der Waals surface area contributed by atoms with Crippen molar-refractivity contribution in [2.24, 2.45) is 11.1 Å². The van der Waals surface area contributed by atoms with Gasteiger partial charge in [0.1, 0.15) is 0 Å². The number of hydrogen-bond acceptors (Lipinski definition) is 2. The second kappa shape index (κ2) is 4.30. The molecule has 2 rings (SSSR count). The molecule has 2 unspecified atom stereocenters. The van der Waals surface area contributed by atoms with Gasteiger partial charge in [0.15, 0.2) is 0 Å². The fourth-order valence-electron chi connectivity index (χ4n) is 4.09. The summed E-state index contributed by atoms with van der Waals surface area (Å²) in [6, 6.07) is 0.415. The Labute approximate surface area is 101 Å². The van der Waals surface area contributed by atoms with E-state index in [9.17, 15) is 0 Å². The van der Waals surface area contributed by atoms with Crippen LogP contribution in [-0.2, 0) is 0 Å². The van der Waals surface area contributed by atoms with Crippen LogP contribution in [0.3, 0.4) is 0 Å². The first kappa shape index (κ1) is 12.4. The molecule has 16 heavy (non-hydrogen) atoms. The summed E-state index contributed by atoms with van der Waals surface area (Å²) < 4.78 is 0. The second-order valence-electron chi connectivity index (χ2n) is 6.68. The maximum atomic E-state index is 6.44. The van der Waals surface area contributed by atoms with Crippen molar-refractivity contribution in [3.8, 4) is 0 Å². The molecule has 1 heterocycles. The number of nitrogens with zero attached hydrogens (tertiary/aromatic N) is 1. The van der Waals surface area contributed by atoms with Gasteiger partial charge < -0.3 is 5.73 Å². The summed E-state index contributed by atoms with van der Waals surface area (Å²) >= 11 is 0. The highest BCUT2D eigenvalue weighted by atomic mass is 15.2. The molecule has 2 fully saturated rings. The minimum atomic E-state index is 0.345. The average molecular weight is 224 g/mol. The van der Waals surface area contributed by atoms with E-state index < -0.39 is 0 Å². The number of nitrogens with two attached hydrogens (primary N) is 1. The van der Waals surface area contributed by atoms with Crippen molar-refractivity contribution < 1.29 is 0 Å². The largest absolute Gasteiger partial charge is 0.326 e. The van der Waals surface area contributed by atoms with Gasteiger partial charge >= 0.3 is 0 Å². The van der Waals surface area contributed by atoms with E-state index in [4.69, 9.17) is 5.73 Å². The van der Waals surface area contributed by atoms with Gasteiger partial charge in [0.05, 0.1) is 0 Å². The molecule has 94 valence electrons. The van der Waals surface area contributed by atoms with Crippen molar-refractivity contribution in [2.75, 3.05) is 13.1 Å². The Kier molecular flexibility index (Phi) is 3.33. The van der Waals surface area contributed by atoms with Gasteiger partial charge in [-0.3, -0.25) is 4.90 Å². The average Bonchev–Trinajstić information content (AvgIpc) is 2.46. The lowest BCUT2D eigenvalue weighted by atomic mass is 9.65. The second-order valence-corrected chi connectivity index (χ2v) is 6.68. The molecule has 2 nitrogen and oxygen atoms in total. The van der Waals surface area contributed by atoms with Crippen molar-refractivity contribution in [2.45, 2.75) is 70.9 Å². The summed E-state index contributed by atoms with van der Waals surface area (Å²) in [6.07, 6.45) is 7.84. The summed E-state index contributed by atoms with van der Waals surface area (Å²) in [4.78, 5) is 2.71. The van der Waals surface area contributed by atoms with Crippen LogP contribution in [0.25, 0.3) is 0 Å². The van der Waals surface area contributed by atoms with E-state index in [-0.39, 0.29) is 0 Å². The van der Waals surface area contributed by atoms with Crippen molar-refractivity contribution in [1.29, 1.82) is 0 Å². The SMILES string of the molecule is CCCN1CCC(N)C12CCCC(C)(C)C2. The minimum Gasteiger partial charge on any atom is -0.326 e. The van der Waals surface area contributed by atoms with Crippen LogP contribution in [0.5, 0.6) is 0 Å². The van der Waals surface area contributed by atoms with Crippen molar-refractivity contribution in [3.63, 3.8) is 0 Å². The summed E-state index contributed by atoms with van der Waals surface area (Å²) in [5, 5.41) is 0. The van der Waals surface area contributed by atoms with Gasteiger partial charge in [-0.2, -0.15) is 0 Å². The van der Waals surface area contributed by atoms with Gasteiger partial charge in [-0.05, 0) is 44.1 Å². The summed E-state index contributed by atoms with van der Waals surface area (Å²) in [6.45, 7) is 9.59. The molecule has 1 spiro atoms. The summed E-state index contributed by atoms with van der Waals surface area (Å²) in [5.41, 5.74) is 7.28. The molecule has 0 bridgehead atoms. The minimum absolute atomic E-state index is 0.345. The predicted octanol–water partition coefficient (Wildman–Crippen LogP) is 2.77. The molecule has 0 aromatic rings. The maximum Gasteiger partial charge on any atom is 0.0365 e. The van der Waals surface area contributed by atoms with Gasteiger partial charge in [-0.25, -0.2) is 0 Å². The van der Waals surface area contributed by atoms with E-state index in [0.717, 1.165) is 0 Å². The molecule has 2 N–H and O–H groups in total. The lowest BCUT2D eigenvalue weighted by Crippen LogP contribution is -2.57. The van der Waals surface area contributed by atoms with Crippen LogP contribution in [-0.4, -0.2) is 29.6 Å². The van der Waals surface area contributed by atoms with Crippen molar-refractivity contribution in [3.05, 3.63) is 0 Å². The van der Waals surface area contributed by atoms with Gasteiger partial charge in [-0.1, -0.05) is 27.2 Å². The molecular weight excluding hydrogens is 196 g/mol. The lowest BCUT2D eigenvalue weighted by molar-refractivity contribution is 0.0257. The Morgan fingerprint density at radius 2 is 2.06 bits per heavy atom. The highest BCUT2D eigenvalue weighted by molar-refractivity contribution is 5.08. The van der Waals surface area contributed by atoms with E-state index in [0.29, 0.717) is 17.0 Å². The summed E-state index contributed by atoms with van der Waals surface area (Å²) in [7, 11) is 0. The number of hydrogen-bond donors (Lipinski definition) is 1. The normalized spacial score (nSPS) is 39.4. The fraction of sp³-hybridized carbons (Fsp3) is 1.00. The molecule has 0 radical (unpaired) electrons. The van der Waals surface area contributed by atoms with Crippen LogP contribution >= 0.6 is 0 Å². The molecule has 1 aliphatic heterocycles. The molecule has 1 saturated carbocycles. The Balaban J connectivity index is 2.18. The summed E-state index contributed by atoms with van der Waals surface area (Å²) in [5.74, 6) is 0. The molecule has 2 heteroatoms. The molecule has 0 aromatic heterocycles. The van der Waals surface area contributed by atoms with E-state index >= 15 is 0 Å². The zero-order valence-electron chi connectivity index (χ0n) is 11.3. The van der Waals surface area contributed by atoms with E-state index in [1.807, 2.05) is 0 Å². The van der Waals surface area contributed by atoms with Crippen LogP contribution in [0.1, 0.15) is 59.3 Å². The van der Waals surface area contributed by atoms with Crippen molar-refractivity contribution in [1.82, 2.24) is 4.90 Å². The third-order valence-corrected chi connectivity index (χ3v) is 4.77. The Bertz CT molecular complexity index is 247. The Hall–Kier alpha value is -0.0800. The smallest absolute Gasteiger partial charge is 0.0365 e. The van der Waals surface area contributed by atoms with Gasteiger partial charge in [-0.15, -0.1) is 0 Å². The van der Waals surface area contributed by atoms with Gasteiger partial charge in [0, 0.05) is 18.1 Å². The van der Waals surface area contributed by atoms with E-state index in [2.05, 4.69) is 25.7 Å². The molecule has 2 aliphatic rings. The molecule has 1 aliphatic carbocycles. The van der Waals surface area contributed by atoms with E-state index in [1.165, 1.54) is 51.6 Å². The first-order chi connectivity index (χ1) is 7.50. The standard InChI is InChI=1S/C14H28N2/c1-4-9-16-10-6-12(15)14(16)8-5-7-13(2,3)11-14/h12H,4-11,15H2,1-3H3.